The minimum Gasteiger partial charge on any atom is -0.309 e. The fourth-order valence-corrected chi connectivity index (χ4v) is 7.67. The molecule has 4 nitrogen and oxygen atoms in total. The highest BCUT2D eigenvalue weighted by atomic mass is 15.0. The van der Waals surface area contributed by atoms with Crippen LogP contribution < -0.4 is 0 Å². The SMILES string of the molecule is C=Cc1ccc2c(c1)c1ccccc1n2-c1cccc(-c2cc(-c3ccccc3)nc(-c3cccc(-n4c5ccccc5c5ccccc54)c3)n2)c1. The molecule has 0 atom stereocenters. The van der Waals surface area contributed by atoms with Crippen LogP contribution in [0.25, 0.3) is 95.0 Å². The summed E-state index contributed by atoms with van der Waals surface area (Å²) in [6.45, 7) is 4.01. The molecule has 0 saturated heterocycles. The Bertz CT molecular complexity index is 2930. The molecule has 52 heavy (non-hydrogen) atoms. The summed E-state index contributed by atoms with van der Waals surface area (Å²) in [5, 5.41) is 4.89. The van der Waals surface area contributed by atoms with Gasteiger partial charge in [-0.1, -0.05) is 128 Å². The van der Waals surface area contributed by atoms with Crippen molar-refractivity contribution >= 4 is 49.7 Å². The molecule has 7 aromatic carbocycles. The van der Waals surface area contributed by atoms with Crippen molar-refractivity contribution in [3.05, 3.63) is 188 Å². The van der Waals surface area contributed by atoms with Crippen LogP contribution in [0.3, 0.4) is 0 Å². The Kier molecular flexibility index (Phi) is 6.93. The predicted molar refractivity (Wildman–Crippen MR) is 217 cm³/mol. The van der Waals surface area contributed by atoms with Gasteiger partial charge in [0.15, 0.2) is 5.82 Å². The zero-order valence-electron chi connectivity index (χ0n) is 28.3. The Labute approximate surface area is 301 Å². The van der Waals surface area contributed by atoms with Gasteiger partial charge in [0.25, 0.3) is 0 Å². The minimum absolute atomic E-state index is 0.679. The molecule has 3 aromatic heterocycles. The molecule has 0 amide bonds. The van der Waals surface area contributed by atoms with E-state index < -0.39 is 0 Å². The van der Waals surface area contributed by atoms with Crippen LogP contribution in [0.2, 0.25) is 0 Å². The van der Waals surface area contributed by atoms with Gasteiger partial charge in [-0.2, -0.15) is 0 Å². The lowest BCUT2D eigenvalue weighted by Crippen LogP contribution is -1.99. The van der Waals surface area contributed by atoms with Crippen molar-refractivity contribution in [1.29, 1.82) is 0 Å². The summed E-state index contributed by atoms with van der Waals surface area (Å²) in [5.74, 6) is 0.679. The quantitative estimate of drug-likeness (QED) is 0.177. The molecule has 4 heteroatoms. The van der Waals surface area contributed by atoms with Gasteiger partial charge in [-0.25, -0.2) is 9.97 Å². The van der Waals surface area contributed by atoms with E-state index in [1.165, 1.54) is 32.6 Å². The smallest absolute Gasteiger partial charge is 0.160 e. The van der Waals surface area contributed by atoms with Gasteiger partial charge in [-0.05, 0) is 66.2 Å². The monoisotopic (exact) mass is 664 g/mol. The second-order valence-corrected chi connectivity index (χ2v) is 13.1. The van der Waals surface area contributed by atoms with Crippen LogP contribution >= 0.6 is 0 Å². The van der Waals surface area contributed by atoms with Gasteiger partial charge in [0.1, 0.15) is 0 Å². The number of nitrogens with zero attached hydrogens (tertiary/aromatic N) is 4. The Morgan fingerprint density at radius 1 is 0.385 bits per heavy atom. The molecule has 0 fully saturated rings. The van der Waals surface area contributed by atoms with Gasteiger partial charge in [0, 0.05) is 49.6 Å². The van der Waals surface area contributed by atoms with Gasteiger partial charge in [-0.3, -0.25) is 0 Å². The van der Waals surface area contributed by atoms with E-state index in [0.29, 0.717) is 5.82 Å². The molecule has 10 rings (SSSR count). The van der Waals surface area contributed by atoms with Crippen molar-refractivity contribution in [1.82, 2.24) is 19.1 Å². The average molecular weight is 665 g/mol. The third kappa shape index (κ3) is 4.84. The van der Waals surface area contributed by atoms with Gasteiger partial charge in [0.05, 0.1) is 33.5 Å². The van der Waals surface area contributed by atoms with E-state index in [0.717, 1.165) is 56.0 Å². The van der Waals surface area contributed by atoms with E-state index in [1.807, 2.05) is 12.1 Å². The second kappa shape index (κ2) is 12.1. The number of aromatic nitrogens is 4. The number of para-hydroxylation sites is 3. The molecule has 3 heterocycles. The number of rotatable bonds is 6. The highest BCUT2D eigenvalue weighted by Gasteiger charge is 2.17. The normalized spacial score (nSPS) is 11.5. The molecular formula is C48H32N4. The van der Waals surface area contributed by atoms with Crippen LogP contribution in [0, 0.1) is 0 Å². The van der Waals surface area contributed by atoms with E-state index in [2.05, 4.69) is 186 Å². The van der Waals surface area contributed by atoms with Crippen LogP contribution in [-0.2, 0) is 0 Å². The molecule has 0 radical (unpaired) electrons. The third-order valence-electron chi connectivity index (χ3n) is 10.1. The van der Waals surface area contributed by atoms with Crippen molar-refractivity contribution in [2.24, 2.45) is 0 Å². The van der Waals surface area contributed by atoms with Gasteiger partial charge < -0.3 is 9.13 Å². The van der Waals surface area contributed by atoms with Crippen LogP contribution in [0.5, 0.6) is 0 Å². The molecule has 10 aromatic rings. The summed E-state index contributed by atoms with van der Waals surface area (Å²) in [7, 11) is 0. The largest absolute Gasteiger partial charge is 0.309 e. The lowest BCUT2D eigenvalue weighted by Gasteiger charge is -2.13. The van der Waals surface area contributed by atoms with E-state index in [9.17, 15) is 0 Å². The summed E-state index contributed by atoms with van der Waals surface area (Å²) < 4.78 is 4.68. The van der Waals surface area contributed by atoms with Crippen molar-refractivity contribution in [3.63, 3.8) is 0 Å². The Hall–Kier alpha value is -7.04. The molecule has 0 spiro atoms. The van der Waals surface area contributed by atoms with Crippen LogP contribution in [-0.4, -0.2) is 19.1 Å². The van der Waals surface area contributed by atoms with E-state index in [1.54, 1.807) is 0 Å². The summed E-state index contributed by atoms with van der Waals surface area (Å²) in [4.78, 5) is 10.5. The average Bonchev–Trinajstić information content (AvgIpc) is 3.74. The lowest BCUT2D eigenvalue weighted by molar-refractivity contribution is 1.15. The molecule has 0 N–H and O–H groups in total. The molecule has 0 saturated carbocycles. The predicted octanol–water partition coefficient (Wildman–Crippen LogP) is 12.3. The molecule has 0 bridgehead atoms. The van der Waals surface area contributed by atoms with E-state index >= 15 is 0 Å². The zero-order chi connectivity index (χ0) is 34.6. The molecule has 0 aliphatic carbocycles. The van der Waals surface area contributed by atoms with Gasteiger partial charge in [0.2, 0.25) is 0 Å². The summed E-state index contributed by atoms with van der Waals surface area (Å²) in [6, 6.07) is 62.1. The van der Waals surface area contributed by atoms with Crippen LogP contribution in [0.1, 0.15) is 5.56 Å². The highest BCUT2D eigenvalue weighted by Crippen LogP contribution is 2.36. The summed E-state index contributed by atoms with van der Waals surface area (Å²) in [6.07, 6.45) is 1.90. The minimum atomic E-state index is 0.679. The third-order valence-corrected chi connectivity index (χ3v) is 10.1. The second-order valence-electron chi connectivity index (χ2n) is 13.1. The topological polar surface area (TPSA) is 35.6 Å². The summed E-state index contributed by atoms with van der Waals surface area (Å²) >= 11 is 0. The maximum Gasteiger partial charge on any atom is 0.160 e. The first-order chi connectivity index (χ1) is 25.7. The molecule has 244 valence electrons. The maximum atomic E-state index is 5.28. The fourth-order valence-electron chi connectivity index (χ4n) is 7.67. The maximum absolute atomic E-state index is 5.28. The molecular weight excluding hydrogens is 633 g/mol. The Balaban J connectivity index is 1.15. The van der Waals surface area contributed by atoms with Crippen LogP contribution in [0.4, 0.5) is 0 Å². The van der Waals surface area contributed by atoms with Crippen LogP contribution in [0.15, 0.2) is 183 Å². The first-order valence-corrected chi connectivity index (χ1v) is 17.5. The highest BCUT2D eigenvalue weighted by molar-refractivity contribution is 6.10. The number of hydrogen-bond acceptors (Lipinski definition) is 2. The van der Waals surface area contributed by atoms with Gasteiger partial charge in [-0.15, -0.1) is 0 Å². The standard InChI is InChI=1S/C48H32N4/c1-2-32-26-27-47-41(28-32)40-22-8-11-25-46(40)52(47)36-18-12-16-34(29-36)43-31-42(33-14-4-3-5-15-33)49-48(50-43)35-17-13-19-37(30-35)51-44-23-9-6-20-38(44)39-21-7-10-24-45(39)51/h2-31H,1H2. The van der Waals surface area contributed by atoms with Crippen molar-refractivity contribution in [2.75, 3.05) is 0 Å². The van der Waals surface area contributed by atoms with E-state index in [-0.39, 0.29) is 0 Å². The first-order valence-electron chi connectivity index (χ1n) is 17.5. The summed E-state index contributed by atoms with van der Waals surface area (Å²) in [5.41, 5.74) is 12.7. The first kappa shape index (κ1) is 29.8. The Morgan fingerprint density at radius 3 is 1.48 bits per heavy atom. The molecule has 0 aliphatic rings. The molecule has 0 aliphatic heterocycles. The Morgan fingerprint density at radius 2 is 0.865 bits per heavy atom. The van der Waals surface area contributed by atoms with Crippen molar-refractivity contribution in [3.8, 4) is 45.3 Å². The van der Waals surface area contributed by atoms with E-state index in [4.69, 9.17) is 9.97 Å². The fraction of sp³-hybridized carbons (Fsp3) is 0. The van der Waals surface area contributed by atoms with Crippen molar-refractivity contribution < 1.29 is 0 Å². The lowest BCUT2D eigenvalue weighted by atomic mass is 10.1. The number of fused-ring (bicyclic) bond motifs is 6. The number of hydrogen-bond donors (Lipinski definition) is 0. The van der Waals surface area contributed by atoms with Crippen molar-refractivity contribution in [2.45, 2.75) is 0 Å². The van der Waals surface area contributed by atoms with Gasteiger partial charge >= 0.3 is 0 Å². The zero-order valence-corrected chi connectivity index (χ0v) is 28.3. The molecule has 0 unspecified atom stereocenters. The number of benzene rings is 7.